The Labute approximate surface area is 116 Å². The van der Waals surface area contributed by atoms with Crippen LogP contribution >= 0.6 is 0 Å². The van der Waals surface area contributed by atoms with Crippen LogP contribution in [-0.4, -0.2) is 31.4 Å². The molecule has 0 bridgehead atoms. The van der Waals surface area contributed by atoms with Gasteiger partial charge in [-0.05, 0) is 12.8 Å². The number of ether oxygens (including phenoxy) is 3. The molecule has 1 aromatic rings. The van der Waals surface area contributed by atoms with E-state index in [2.05, 4.69) is 0 Å². The second-order valence-corrected chi connectivity index (χ2v) is 5.61. The molecule has 2 heterocycles. The maximum Gasteiger partial charge on any atom is 0.314 e. The van der Waals surface area contributed by atoms with Gasteiger partial charge in [-0.2, -0.15) is 0 Å². The molecule has 0 saturated heterocycles. The van der Waals surface area contributed by atoms with Crippen LogP contribution < -0.4 is 14.2 Å². The van der Waals surface area contributed by atoms with Crippen molar-refractivity contribution in [3.63, 3.8) is 0 Å². The molecule has 3 aliphatic rings. The first-order chi connectivity index (χ1) is 9.69. The molecule has 1 N–H and O–H groups in total. The number of carboxylic acids is 1. The van der Waals surface area contributed by atoms with Gasteiger partial charge in [-0.1, -0.05) is 0 Å². The molecule has 0 spiro atoms. The third-order valence-corrected chi connectivity index (χ3v) is 4.60. The van der Waals surface area contributed by atoms with Crippen molar-refractivity contribution in [3.8, 4) is 17.2 Å². The Balaban J connectivity index is 2.03. The Hall–Kier alpha value is -1.91. The lowest BCUT2D eigenvalue weighted by Gasteiger charge is -2.20. The van der Waals surface area contributed by atoms with Crippen LogP contribution in [0, 0.1) is 0 Å². The number of hydrogen-bond donors (Lipinski definition) is 1. The first-order valence-electron chi connectivity index (χ1n) is 6.94. The fourth-order valence-corrected chi connectivity index (χ4v) is 3.48. The lowest BCUT2D eigenvalue weighted by molar-refractivity contribution is -0.140. The summed E-state index contributed by atoms with van der Waals surface area (Å²) in [4.78, 5) is 11.7. The number of carbonyl (C=O) groups is 1. The predicted molar refractivity (Wildman–Crippen MR) is 69.9 cm³/mol. The van der Waals surface area contributed by atoms with E-state index >= 15 is 0 Å². The maximum absolute atomic E-state index is 11.7. The molecule has 5 heteroatoms. The Morgan fingerprint density at radius 3 is 2.40 bits per heavy atom. The van der Waals surface area contributed by atoms with Crippen molar-refractivity contribution in [3.05, 3.63) is 16.7 Å². The molecule has 5 nitrogen and oxygen atoms in total. The monoisotopic (exact) mass is 276 g/mol. The zero-order valence-electron chi connectivity index (χ0n) is 11.3. The van der Waals surface area contributed by atoms with Crippen molar-refractivity contribution in [2.75, 3.05) is 20.3 Å². The average molecular weight is 276 g/mol. The van der Waals surface area contributed by atoms with Crippen molar-refractivity contribution < 1.29 is 24.1 Å². The van der Waals surface area contributed by atoms with Crippen molar-refractivity contribution in [2.45, 2.75) is 31.1 Å². The minimum Gasteiger partial charge on any atom is -0.492 e. The number of aliphatic carboxylic acids is 1. The van der Waals surface area contributed by atoms with Gasteiger partial charge < -0.3 is 19.3 Å². The molecular weight excluding hydrogens is 260 g/mol. The normalized spacial score (nSPS) is 20.6. The number of carboxylic acid groups (broad SMARTS) is 1. The van der Waals surface area contributed by atoms with E-state index in [1.807, 2.05) is 0 Å². The van der Waals surface area contributed by atoms with Crippen LogP contribution in [0.15, 0.2) is 0 Å². The number of rotatable bonds is 3. The van der Waals surface area contributed by atoms with Crippen molar-refractivity contribution in [1.29, 1.82) is 0 Å². The van der Waals surface area contributed by atoms with Crippen LogP contribution in [0.2, 0.25) is 0 Å². The molecule has 1 saturated carbocycles. The van der Waals surface area contributed by atoms with Crippen LogP contribution in [-0.2, 0) is 23.1 Å². The largest absolute Gasteiger partial charge is 0.492 e. The summed E-state index contributed by atoms with van der Waals surface area (Å²) >= 11 is 0. The van der Waals surface area contributed by atoms with Gasteiger partial charge in [0.2, 0.25) is 0 Å². The molecule has 0 atom stereocenters. The highest BCUT2D eigenvalue weighted by atomic mass is 16.5. The van der Waals surface area contributed by atoms with Crippen LogP contribution in [0.25, 0.3) is 0 Å². The van der Waals surface area contributed by atoms with Gasteiger partial charge in [0.05, 0.1) is 25.7 Å². The first-order valence-corrected chi connectivity index (χ1v) is 6.94. The minimum atomic E-state index is -0.765. The minimum absolute atomic E-state index is 0.581. The summed E-state index contributed by atoms with van der Waals surface area (Å²) in [7, 11) is 1.62. The summed E-state index contributed by atoms with van der Waals surface area (Å²) in [5.74, 6) is 1.45. The van der Waals surface area contributed by atoms with E-state index in [-0.39, 0.29) is 0 Å². The summed E-state index contributed by atoms with van der Waals surface area (Å²) in [6.45, 7) is 1.16. The van der Waals surface area contributed by atoms with Gasteiger partial charge in [0.15, 0.2) is 11.5 Å². The highest BCUT2D eigenvalue weighted by Crippen LogP contribution is 2.59. The van der Waals surface area contributed by atoms with E-state index in [0.717, 1.165) is 46.8 Å². The van der Waals surface area contributed by atoms with Gasteiger partial charge in [0.1, 0.15) is 5.75 Å². The molecular formula is C15H16O5. The molecule has 20 heavy (non-hydrogen) atoms. The average Bonchev–Trinajstić information content (AvgIpc) is 2.86. The summed E-state index contributed by atoms with van der Waals surface area (Å²) < 4.78 is 17.0. The van der Waals surface area contributed by atoms with E-state index in [4.69, 9.17) is 14.2 Å². The van der Waals surface area contributed by atoms with E-state index in [9.17, 15) is 9.90 Å². The lowest BCUT2D eigenvalue weighted by Crippen LogP contribution is -2.22. The molecule has 0 aromatic heterocycles. The lowest BCUT2D eigenvalue weighted by atomic mass is 9.87. The zero-order valence-corrected chi connectivity index (χ0v) is 11.3. The molecule has 4 rings (SSSR count). The van der Waals surface area contributed by atoms with Gasteiger partial charge in [0.25, 0.3) is 0 Å². The quantitative estimate of drug-likeness (QED) is 0.910. The van der Waals surface area contributed by atoms with Gasteiger partial charge in [0, 0.05) is 29.5 Å². The molecule has 1 aliphatic carbocycles. The fraction of sp³-hybridized carbons (Fsp3) is 0.533. The van der Waals surface area contributed by atoms with Crippen LogP contribution in [0.4, 0.5) is 0 Å². The summed E-state index contributed by atoms with van der Waals surface area (Å²) in [5.41, 5.74) is 2.03. The predicted octanol–water partition coefficient (Wildman–Crippen LogP) is 1.68. The van der Waals surface area contributed by atoms with Crippen LogP contribution in [0.5, 0.6) is 17.2 Å². The van der Waals surface area contributed by atoms with Crippen molar-refractivity contribution >= 4 is 5.97 Å². The molecule has 1 fully saturated rings. The van der Waals surface area contributed by atoms with E-state index in [1.165, 1.54) is 0 Å². The zero-order chi connectivity index (χ0) is 13.9. The number of hydrogen-bond acceptors (Lipinski definition) is 4. The second-order valence-electron chi connectivity index (χ2n) is 5.61. The third kappa shape index (κ3) is 1.30. The van der Waals surface area contributed by atoms with Gasteiger partial charge in [-0.25, -0.2) is 0 Å². The summed E-state index contributed by atoms with van der Waals surface area (Å²) in [6, 6.07) is 0. The smallest absolute Gasteiger partial charge is 0.314 e. The van der Waals surface area contributed by atoms with E-state index in [1.54, 1.807) is 7.11 Å². The SMILES string of the molecule is COc1c2c(c(C3(C(=O)O)CC3)c3c1OCC3)OCC2. The number of benzene rings is 1. The van der Waals surface area contributed by atoms with Gasteiger partial charge >= 0.3 is 5.97 Å². The molecule has 0 radical (unpaired) electrons. The molecule has 1 aromatic carbocycles. The number of fused-ring (bicyclic) bond motifs is 2. The van der Waals surface area contributed by atoms with Crippen molar-refractivity contribution in [1.82, 2.24) is 0 Å². The van der Waals surface area contributed by atoms with E-state index < -0.39 is 11.4 Å². The Morgan fingerprint density at radius 2 is 1.80 bits per heavy atom. The van der Waals surface area contributed by atoms with Gasteiger partial charge in [-0.15, -0.1) is 0 Å². The maximum atomic E-state index is 11.7. The Kier molecular flexibility index (Phi) is 2.26. The first kappa shape index (κ1) is 11.9. The van der Waals surface area contributed by atoms with Crippen LogP contribution in [0.3, 0.4) is 0 Å². The highest BCUT2D eigenvalue weighted by Gasteiger charge is 2.56. The second kappa shape index (κ2) is 3.81. The standard InChI is InChI=1S/C15H16O5/c1-18-12-9-3-7-19-11(9)10(8-2-6-20-13(8)12)15(4-5-15)14(16)17/h2-7H2,1H3,(H,16,17). The summed E-state index contributed by atoms with van der Waals surface area (Å²) in [6.07, 6.45) is 2.83. The molecule has 0 unspecified atom stereocenters. The fourth-order valence-electron chi connectivity index (χ4n) is 3.48. The molecule has 2 aliphatic heterocycles. The highest BCUT2D eigenvalue weighted by molar-refractivity contribution is 5.88. The summed E-state index contributed by atoms with van der Waals surface area (Å²) in [5, 5.41) is 9.62. The molecule has 106 valence electrons. The topological polar surface area (TPSA) is 65.0 Å². The van der Waals surface area contributed by atoms with Crippen molar-refractivity contribution in [2.24, 2.45) is 0 Å². The number of methoxy groups -OCH3 is 1. The Bertz CT molecular complexity index is 580. The third-order valence-electron chi connectivity index (χ3n) is 4.60. The van der Waals surface area contributed by atoms with E-state index in [0.29, 0.717) is 26.1 Å². The van der Waals surface area contributed by atoms with Crippen LogP contribution in [0.1, 0.15) is 29.5 Å². The van der Waals surface area contributed by atoms with Gasteiger partial charge in [-0.3, -0.25) is 4.79 Å². The molecule has 0 amide bonds. The Morgan fingerprint density at radius 1 is 1.15 bits per heavy atom.